The molecule has 1 atom stereocenters. The van der Waals surface area contributed by atoms with Gasteiger partial charge in [-0.1, -0.05) is 30.1 Å². The molecule has 0 aliphatic carbocycles. The van der Waals surface area contributed by atoms with E-state index in [-0.39, 0.29) is 6.10 Å². The number of benzene rings is 1. The van der Waals surface area contributed by atoms with E-state index >= 15 is 0 Å². The van der Waals surface area contributed by atoms with Crippen molar-refractivity contribution in [1.82, 2.24) is 10.1 Å². The Morgan fingerprint density at radius 2 is 1.96 bits per heavy atom. The molecular weight excluding hydrogens is 304 g/mol. The van der Waals surface area contributed by atoms with Gasteiger partial charge < -0.3 is 19.5 Å². The Kier molecular flexibility index (Phi) is 5.69. The fourth-order valence-electron chi connectivity index (χ4n) is 2.99. The van der Waals surface area contributed by atoms with Gasteiger partial charge in [-0.2, -0.15) is 4.98 Å². The van der Waals surface area contributed by atoms with E-state index in [1.54, 1.807) is 7.11 Å². The van der Waals surface area contributed by atoms with E-state index in [2.05, 4.69) is 44.6 Å². The summed E-state index contributed by atoms with van der Waals surface area (Å²) in [7, 11) is 1.64. The highest BCUT2D eigenvalue weighted by Gasteiger charge is 2.15. The molecular formula is C18H26N4O2. The van der Waals surface area contributed by atoms with Crippen molar-refractivity contribution in [2.45, 2.75) is 45.3 Å². The Labute approximate surface area is 143 Å². The molecule has 3 rings (SSSR count). The second-order valence-corrected chi connectivity index (χ2v) is 6.20. The lowest BCUT2D eigenvalue weighted by atomic mass is 10.2. The number of hydrogen-bond acceptors (Lipinski definition) is 6. The summed E-state index contributed by atoms with van der Waals surface area (Å²) in [5.41, 5.74) is 2.36. The van der Waals surface area contributed by atoms with Gasteiger partial charge in [0.05, 0.1) is 17.9 Å². The molecule has 0 saturated carbocycles. The molecule has 2 heterocycles. The van der Waals surface area contributed by atoms with Gasteiger partial charge in [-0.05, 0) is 31.9 Å². The smallest absolute Gasteiger partial charge is 0.246 e. The van der Waals surface area contributed by atoms with Crippen LogP contribution in [0, 0.1) is 0 Å². The Morgan fingerprint density at radius 1 is 1.21 bits per heavy atom. The molecule has 6 nitrogen and oxygen atoms in total. The molecule has 0 unspecified atom stereocenters. The molecule has 130 valence electrons. The number of anilines is 2. The number of aromatic nitrogens is 2. The summed E-state index contributed by atoms with van der Waals surface area (Å²) in [6.45, 7) is 4.65. The van der Waals surface area contributed by atoms with E-state index < -0.39 is 0 Å². The van der Waals surface area contributed by atoms with Crippen LogP contribution in [-0.4, -0.2) is 30.3 Å². The van der Waals surface area contributed by atoms with Crippen LogP contribution >= 0.6 is 0 Å². The number of para-hydroxylation sites is 2. The first-order valence-corrected chi connectivity index (χ1v) is 8.71. The van der Waals surface area contributed by atoms with Crippen LogP contribution in [0.3, 0.4) is 0 Å². The zero-order chi connectivity index (χ0) is 16.8. The van der Waals surface area contributed by atoms with E-state index in [0.717, 1.165) is 18.8 Å². The van der Waals surface area contributed by atoms with E-state index in [4.69, 9.17) is 9.26 Å². The van der Waals surface area contributed by atoms with Gasteiger partial charge in [0.15, 0.2) is 5.82 Å². The fourth-order valence-corrected chi connectivity index (χ4v) is 2.99. The van der Waals surface area contributed by atoms with Gasteiger partial charge in [0, 0.05) is 20.2 Å². The van der Waals surface area contributed by atoms with E-state index in [1.807, 2.05) is 6.92 Å². The molecule has 1 aliphatic rings. The van der Waals surface area contributed by atoms with Gasteiger partial charge in [-0.15, -0.1) is 0 Å². The summed E-state index contributed by atoms with van der Waals surface area (Å²) in [5.74, 6) is 1.15. The Hall–Kier alpha value is -2.08. The maximum absolute atomic E-state index is 5.30. The lowest BCUT2D eigenvalue weighted by Gasteiger charge is -2.25. The molecule has 1 N–H and O–H groups in total. The molecule has 0 amide bonds. The molecule has 1 fully saturated rings. The molecule has 0 spiro atoms. The van der Waals surface area contributed by atoms with Crippen molar-refractivity contribution in [1.29, 1.82) is 0 Å². The van der Waals surface area contributed by atoms with Gasteiger partial charge in [0.1, 0.15) is 6.10 Å². The van der Waals surface area contributed by atoms with Crippen LogP contribution in [0.4, 0.5) is 11.4 Å². The van der Waals surface area contributed by atoms with Gasteiger partial charge in [-0.3, -0.25) is 0 Å². The zero-order valence-corrected chi connectivity index (χ0v) is 14.5. The van der Waals surface area contributed by atoms with E-state index in [0.29, 0.717) is 18.3 Å². The molecule has 0 radical (unpaired) electrons. The average molecular weight is 330 g/mol. The number of nitrogens with one attached hydrogen (secondary N) is 1. The van der Waals surface area contributed by atoms with Gasteiger partial charge >= 0.3 is 0 Å². The topological polar surface area (TPSA) is 63.4 Å². The largest absolute Gasteiger partial charge is 0.374 e. The molecule has 1 aromatic carbocycles. The third-order valence-corrected chi connectivity index (χ3v) is 4.48. The molecule has 1 aromatic heterocycles. The van der Waals surface area contributed by atoms with Gasteiger partial charge in [0.25, 0.3) is 0 Å². The van der Waals surface area contributed by atoms with Gasteiger partial charge in [0.2, 0.25) is 5.89 Å². The number of rotatable bonds is 6. The Morgan fingerprint density at radius 3 is 2.71 bits per heavy atom. The average Bonchev–Trinajstić information content (AvgIpc) is 2.93. The summed E-state index contributed by atoms with van der Waals surface area (Å²) in [6, 6.07) is 8.43. The van der Waals surface area contributed by atoms with E-state index in [1.165, 1.54) is 31.4 Å². The first-order valence-electron chi connectivity index (χ1n) is 8.71. The van der Waals surface area contributed by atoms with Crippen LogP contribution < -0.4 is 10.2 Å². The van der Waals surface area contributed by atoms with Crippen LogP contribution in [0.2, 0.25) is 0 Å². The molecule has 24 heavy (non-hydrogen) atoms. The first-order chi connectivity index (χ1) is 11.8. The summed E-state index contributed by atoms with van der Waals surface area (Å²) in [4.78, 5) is 6.85. The number of hydrogen-bond donors (Lipinski definition) is 1. The van der Waals surface area contributed by atoms with Crippen LogP contribution in [0.5, 0.6) is 0 Å². The molecule has 1 aliphatic heterocycles. The highest BCUT2D eigenvalue weighted by atomic mass is 16.5. The van der Waals surface area contributed by atoms with Crippen molar-refractivity contribution in [3.63, 3.8) is 0 Å². The molecule has 1 saturated heterocycles. The predicted molar refractivity (Wildman–Crippen MR) is 94.2 cm³/mol. The minimum absolute atomic E-state index is 0.160. The summed E-state index contributed by atoms with van der Waals surface area (Å²) in [6.07, 6.45) is 5.02. The standard InChI is InChI=1S/C18H26N4O2/c1-14(23-2)18-20-17(24-21-18)13-19-15-9-5-6-10-16(15)22-11-7-3-4-8-12-22/h5-6,9-10,14,19H,3-4,7-8,11-13H2,1-2H3/t14-/m1/s1. The first kappa shape index (κ1) is 16.8. The van der Waals surface area contributed by atoms with Crippen LogP contribution in [-0.2, 0) is 11.3 Å². The van der Waals surface area contributed by atoms with Crippen molar-refractivity contribution >= 4 is 11.4 Å². The fraction of sp³-hybridized carbons (Fsp3) is 0.556. The van der Waals surface area contributed by atoms with Crippen molar-refractivity contribution in [3.05, 3.63) is 36.0 Å². The van der Waals surface area contributed by atoms with Crippen molar-refractivity contribution in [2.24, 2.45) is 0 Å². The van der Waals surface area contributed by atoms with Crippen molar-refractivity contribution < 1.29 is 9.26 Å². The minimum Gasteiger partial charge on any atom is -0.374 e. The monoisotopic (exact) mass is 330 g/mol. The highest BCUT2D eigenvalue weighted by Crippen LogP contribution is 2.28. The van der Waals surface area contributed by atoms with Crippen molar-refractivity contribution in [2.75, 3.05) is 30.4 Å². The molecule has 0 bridgehead atoms. The lowest BCUT2D eigenvalue weighted by Crippen LogP contribution is -2.24. The SMILES string of the molecule is CO[C@H](C)c1noc(CNc2ccccc2N2CCCCCC2)n1. The summed E-state index contributed by atoms with van der Waals surface area (Å²) >= 11 is 0. The third-order valence-electron chi connectivity index (χ3n) is 4.48. The molecule has 2 aromatic rings. The molecule has 6 heteroatoms. The predicted octanol–water partition coefficient (Wildman–Crippen LogP) is 3.77. The van der Waals surface area contributed by atoms with Crippen LogP contribution in [0.15, 0.2) is 28.8 Å². The normalized spacial score (nSPS) is 16.7. The Balaban J connectivity index is 1.67. The highest BCUT2D eigenvalue weighted by molar-refractivity contribution is 5.70. The maximum Gasteiger partial charge on any atom is 0.246 e. The van der Waals surface area contributed by atoms with Crippen LogP contribution in [0.25, 0.3) is 0 Å². The number of methoxy groups -OCH3 is 1. The number of nitrogens with zero attached hydrogens (tertiary/aromatic N) is 3. The maximum atomic E-state index is 5.30. The number of ether oxygens (including phenoxy) is 1. The third kappa shape index (κ3) is 4.06. The zero-order valence-electron chi connectivity index (χ0n) is 14.5. The second-order valence-electron chi connectivity index (χ2n) is 6.20. The van der Waals surface area contributed by atoms with Crippen LogP contribution in [0.1, 0.15) is 50.4 Å². The second kappa shape index (κ2) is 8.15. The minimum atomic E-state index is -0.160. The Bertz CT molecular complexity index is 635. The summed E-state index contributed by atoms with van der Waals surface area (Å²) < 4.78 is 10.5. The van der Waals surface area contributed by atoms with Gasteiger partial charge in [-0.25, -0.2) is 0 Å². The lowest BCUT2D eigenvalue weighted by molar-refractivity contribution is 0.109. The quantitative estimate of drug-likeness (QED) is 0.870. The van der Waals surface area contributed by atoms with E-state index in [9.17, 15) is 0 Å². The summed E-state index contributed by atoms with van der Waals surface area (Å²) in [5, 5.41) is 7.40. The van der Waals surface area contributed by atoms with Crippen molar-refractivity contribution in [3.8, 4) is 0 Å².